The van der Waals surface area contributed by atoms with Crippen LogP contribution in [-0.4, -0.2) is 47.9 Å². The number of hydrogen-bond acceptors (Lipinski definition) is 7. The highest BCUT2D eigenvalue weighted by molar-refractivity contribution is 7.10. The molecule has 0 spiro atoms. The molecule has 1 saturated heterocycles. The molecule has 3 heterocycles. The summed E-state index contributed by atoms with van der Waals surface area (Å²) in [5.41, 5.74) is 2.74. The van der Waals surface area contributed by atoms with Crippen LogP contribution in [0.25, 0.3) is 0 Å². The molecule has 5 rings (SSSR count). The summed E-state index contributed by atoms with van der Waals surface area (Å²) >= 11 is 1.39. The third kappa shape index (κ3) is 5.02. The number of carbonyl (C=O) groups is 3. The number of Topliss-reactive ketones (excluding diaryl/α,β-unsaturated/α-hetero) is 1. The van der Waals surface area contributed by atoms with E-state index >= 15 is 0 Å². The average Bonchev–Trinajstić information content (AvgIpc) is 3.68. The van der Waals surface area contributed by atoms with Gasteiger partial charge in [0.2, 0.25) is 5.78 Å². The number of rotatable bonds is 8. The maximum Gasteiger partial charge on any atom is 0.327 e. The van der Waals surface area contributed by atoms with Crippen LogP contribution in [0.4, 0.5) is 0 Å². The zero-order valence-corrected chi connectivity index (χ0v) is 24.2. The van der Waals surface area contributed by atoms with Gasteiger partial charge < -0.3 is 23.9 Å². The summed E-state index contributed by atoms with van der Waals surface area (Å²) in [5.74, 6) is -2.36. The molecule has 4 aromatic rings. The van der Waals surface area contributed by atoms with E-state index < -0.39 is 35.8 Å². The Hall–Kier alpha value is -4.37. The number of carbonyl (C=O) groups excluding carboxylic acids is 2. The number of carboxylic acid groups (broad SMARTS) is 1. The SMILES string of the molecule is COc1ccc(C(=O)N2C(C(=O)O)C(c3sccc3C)C(C(=O)c3ccc(C)o3)C2c2ccc(C)cc2)cc1OC. The molecule has 0 saturated carbocycles. The summed E-state index contributed by atoms with van der Waals surface area (Å²) in [4.78, 5) is 44.0. The second-order valence-corrected chi connectivity index (χ2v) is 11.2. The van der Waals surface area contributed by atoms with E-state index in [-0.39, 0.29) is 17.1 Å². The highest BCUT2D eigenvalue weighted by Crippen LogP contribution is 2.53. The average molecular weight is 574 g/mol. The molecule has 2 aromatic carbocycles. The number of aryl methyl sites for hydroxylation is 3. The van der Waals surface area contributed by atoms with Crippen molar-refractivity contribution in [2.24, 2.45) is 5.92 Å². The van der Waals surface area contributed by atoms with E-state index in [2.05, 4.69) is 0 Å². The number of carboxylic acids is 1. The molecule has 1 aliphatic heterocycles. The quantitative estimate of drug-likeness (QED) is 0.250. The van der Waals surface area contributed by atoms with Crippen molar-refractivity contribution < 1.29 is 33.4 Å². The number of thiophene rings is 1. The number of ketones is 1. The molecule has 4 atom stereocenters. The van der Waals surface area contributed by atoms with Crippen LogP contribution in [0.2, 0.25) is 0 Å². The second kappa shape index (κ2) is 11.2. The summed E-state index contributed by atoms with van der Waals surface area (Å²) < 4.78 is 16.5. The van der Waals surface area contributed by atoms with Crippen LogP contribution in [0.3, 0.4) is 0 Å². The topological polar surface area (TPSA) is 106 Å². The Kier molecular flexibility index (Phi) is 7.73. The van der Waals surface area contributed by atoms with Gasteiger partial charge in [0.25, 0.3) is 5.91 Å². The van der Waals surface area contributed by atoms with Crippen molar-refractivity contribution in [1.82, 2.24) is 4.90 Å². The van der Waals surface area contributed by atoms with Gasteiger partial charge in [0, 0.05) is 16.4 Å². The van der Waals surface area contributed by atoms with Crippen molar-refractivity contribution in [3.8, 4) is 11.5 Å². The Morgan fingerprint density at radius 3 is 2.17 bits per heavy atom. The molecule has 41 heavy (non-hydrogen) atoms. The van der Waals surface area contributed by atoms with Crippen LogP contribution >= 0.6 is 11.3 Å². The Bertz CT molecular complexity index is 1600. The standard InChI is InChI=1S/C32H31NO7S/c1-17-6-9-20(10-7-17)27-25(29(34)23-12-8-19(3)40-23)26(30-18(2)14-15-41-30)28(32(36)37)33(27)31(35)21-11-13-22(38-4)24(16-21)39-5/h6-16,25-28H,1-5H3,(H,36,37). The van der Waals surface area contributed by atoms with Crippen LogP contribution in [-0.2, 0) is 4.79 Å². The van der Waals surface area contributed by atoms with E-state index in [1.807, 2.05) is 49.6 Å². The van der Waals surface area contributed by atoms with Gasteiger partial charge in [0.15, 0.2) is 17.3 Å². The van der Waals surface area contributed by atoms with E-state index in [0.29, 0.717) is 22.8 Å². The minimum atomic E-state index is -1.33. The molecule has 1 amide bonds. The lowest BCUT2D eigenvalue weighted by Gasteiger charge is -2.30. The molecule has 0 aliphatic carbocycles. The number of likely N-dealkylation sites (tertiary alicyclic amines) is 1. The number of hydrogen-bond donors (Lipinski definition) is 1. The number of nitrogens with zero attached hydrogens (tertiary/aromatic N) is 1. The number of benzene rings is 2. The van der Waals surface area contributed by atoms with Gasteiger partial charge in [0.05, 0.1) is 26.2 Å². The summed E-state index contributed by atoms with van der Waals surface area (Å²) in [6.07, 6.45) is 0. The highest BCUT2D eigenvalue weighted by Gasteiger charge is 2.58. The summed E-state index contributed by atoms with van der Waals surface area (Å²) in [5, 5.41) is 12.6. The summed E-state index contributed by atoms with van der Waals surface area (Å²) in [6.45, 7) is 5.58. The van der Waals surface area contributed by atoms with E-state index in [4.69, 9.17) is 13.9 Å². The van der Waals surface area contributed by atoms with E-state index in [0.717, 1.165) is 16.0 Å². The van der Waals surface area contributed by atoms with Crippen LogP contribution < -0.4 is 9.47 Å². The van der Waals surface area contributed by atoms with Gasteiger partial charge in [-0.1, -0.05) is 29.8 Å². The third-order valence-electron chi connectivity index (χ3n) is 7.69. The lowest BCUT2D eigenvalue weighted by molar-refractivity contribution is -0.142. The first-order chi connectivity index (χ1) is 19.7. The zero-order valence-electron chi connectivity index (χ0n) is 23.4. The first-order valence-corrected chi connectivity index (χ1v) is 14.0. The van der Waals surface area contributed by atoms with Crippen LogP contribution in [0, 0.1) is 26.7 Å². The van der Waals surface area contributed by atoms with Gasteiger partial charge in [-0.25, -0.2) is 4.79 Å². The minimum Gasteiger partial charge on any atom is -0.493 e. The molecule has 1 aliphatic rings. The fraction of sp³-hybridized carbons (Fsp3) is 0.281. The number of methoxy groups -OCH3 is 2. The van der Waals surface area contributed by atoms with Crippen molar-refractivity contribution in [3.05, 3.63) is 105 Å². The second-order valence-electron chi connectivity index (χ2n) is 10.2. The van der Waals surface area contributed by atoms with Gasteiger partial charge in [-0.15, -0.1) is 11.3 Å². The van der Waals surface area contributed by atoms with Crippen molar-refractivity contribution in [1.29, 1.82) is 0 Å². The summed E-state index contributed by atoms with van der Waals surface area (Å²) in [6, 6.07) is 15.2. The Morgan fingerprint density at radius 1 is 0.902 bits per heavy atom. The first kappa shape index (κ1) is 28.2. The van der Waals surface area contributed by atoms with Crippen molar-refractivity contribution in [3.63, 3.8) is 0 Å². The van der Waals surface area contributed by atoms with Crippen LogP contribution in [0.1, 0.15) is 60.2 Å². The molecule has 9 heteroatoms. The fourth-order valence-electron chi connectivity index (χ4n) is 5.76. The summed E-state index contributed by atoms with van der Waals surface area (Å²) in [7, 11) is 2.96. The largest absolute Gasteiger partial charge is 0.493 e. The molecule has 8 nitrogen and oxygen atoms in total. The van der Waals surface area contributed by atoms with Crippen LogP contribution in [0.5, 0.6) is 11.5 Å². The Morgan fingerprint density at radius 2 is 1.61 bits per heavy atom. The normalized spacial score (nSPS) is 20.2. The lowest BCUT2D eigenvalue weighted by atomic mass is 9.79. The molecule has 4 unspecified atom stereocenters. The minimum absolute atomic E-state index is 0.133. The molecule has 1 fully saturated rings. The molecule has 2 aromatic heterocycles. The Labute approximate surface area is 242 Å². The molecular formula is C32H31NO7S. The molecule has 0 radical (unpaired) electrons. The number of amides is 1. The molecule has 1 N–H and O–H groups in total. The van der Waals surface area contributed by atoms with Gasteiger partial charge in [-0.05, 0) is 73.7 Å². The van der Waals surface area contributed by atoms with Gasteiger partial charge in [-0.3, -0.25) is 9.59 Å². The third-order valence-corrected chi connectivity index (χ3v) is 8.81. The predicted octanol–water partition coefficient (Wildman–Crippen LogP) is 6.22. The number of ether oxygens (including phenoxy) is 2. The molecular weight excluding hydrogens is 542 g/mol. The van der Waals surface area contributed by atoms with Gasteiger partial charge >= 0.3 is 5.97 Å². The maximum absolute atomic E-state index is 14.4. The lowest BCUT2D eigenvalue weighted by Crippen LogP contribution is -2.43. The molecule has 212 valence electrons. The fourth-order valence-corrected chi connectivity index (χ4v) is 6.86. The number of furan rings is 1. The monoisotopic (exact) mass is 573 g/mol. The maximum atomic E-state index is 14.4. The van der Waals surface area contributed by atoms with Crippen LogP contribution in [0.15, 0.2) is 70.5 Å². The predicted molar refractivity (Wildman–Crippen MR) is 154 cm³/mol. The van der Waals surface area contributed by atoms with E-state index in [1.54, 1.807) is 31.2 Å². The number of aliphatic carboxylic acids is 1. The van der Waals surface area contributed by atoms with Crippen molar-refractivity contribution in [2.75, 3.05) is 14.2 Å². The van der Waals surface area contributed by atoms with E-state index in [1.165, 1.54) is 36.5 Å². The Balaban J connectivity index is 1.76. The highest BCUT2D eigenvalue weighted by atomic mass is 32.1. The molecule has 0 bridgehead atoms. The zero-order chi connectivity index (χ0) is 29.4. The first-order valence-electron chi connectivity index (χ1n) is 13.1. The van der Waals surface area contributed by atoms with Crippen molar-refractivity contribution in [2.45, 2.75) is 38.8 Å². The van der Waals surface area contributed by atoms with Gasteiger partial charge in [0.1, 0.15) is 11.8 Å². The smallest absolute Gasteiger partial charge is 0.327 e. The van der Waals surface area contributed by atoms with Gasteiger partial charge in [-0.2, -0.15) is 0 Å². The van der Waals surface area contributed by atoms with E-state index in [9.17, 15) is 19.5 Å². The van der Waals surface area contributed by atoms with Crippen molar-refractivity contribution >= 4 is 29.0 Å².